The van der Waals surface area contributed by atoms with Crippen molar-refractivity contribution < 1.29 is 9.59 Å². The van der Waals surface area contributed by atoms with Gasteiger partial charge < -0.3 is 10.2 Å². The predicted molar refractivity (Wildman–Crippen MR) is 159 cm³/mol. The van der Waals surface area contributed by atoms with Crippen LogP contribution in [0.25, 0.3) is 0 Å². The van der Waals surface area contributed by atoms with Crippen LogP contribution in [0.3, 0.4) is 0 Å². The lowest BCUT2D eigenvalue weighted by Crippen LogP contribution is -2.51. The van der Waals surface area contributed by atoms with Gasteiger partial charge in [-0.05, 0) is 46.9 Å². The predicted octanol–water partition coefficient (Wildman–Crippen LogP) is 7.40. The molecule has 3 aromatic carbocycles. The van der Waals surface area contributed by atoms with Gasteiger partial charge in [-0.2, -0.15) is 0 Å². The van der Waals surface area contributed by atoms with Crippen LogP contribution in [-0.4, -0.2) is 35.1 Å². The standard InChI is InChI=1S/C29H31BrCl2N2O2S/c1-20(2)16-33-29(36)27(15-21-8-4-3-5-9-21)34(17-22-10-6-11-23(30)14-22)28(35)19-37-18-24-25(31)12-7-13-26(24)32/h3-14,20,27H,15-19H2,1-2H3,(H,33,36)/t27-/m0/s1. The average Bonchev–Trinajstić information content (AvgIpc) is 2.87. The van der Waals surface area contributed by atoms with E-state index in [1.165, 1.54) is 11.8 Å². The molecule has 3 rings (SSSR count). The van der Waals surface area contributed by atoms with E-state index < -0.39 is 6.04 Å². The molecule has 1 N–H and O–H groups in total. The number of amides is 2. The first kappa shape index (κ1) is 29.6. The van der Waals surface area contributed by atoms with E-state index in [2.05, 4.69) is 21.2 Å². The number of hydrogen-bond acceptors (Lipinski definition) is 3. The molecule has 0 aliphatic heterocycles. The zero-order valence-electron chi connectivity index (χ0n) is 20.9. The third-order valence-corrected chi connectivity index (χ3v) is 7.88. The second kappa shape index (κ2) is 14.8. The van der Waals surface area contributed by atoms with Crippen molar-refractivity contribution >= 4 is 62.7 Å². The molecular formula is C29H31BrCl2N2O2S. The Balaban J connectivity index is 1.86. The molecule has 8 heteroatoms. The number of carbonyl (C=O) groups is 2. The van der Waals surface area contributed by atoms with Crippen LogP contribution in [0.2, 0.25) is 10.0 Å². The summed E-state index contributed by atoms with van der Waals surface area (Å²) < 4.78 is 0.920. The van der Waals surface area contributed by atoms with Gasteiger partial charge in [0.1, 0.15) is 6.04 Å². The fourth-order valence-corrected chi connectivity index (χ4v) is 5.90. The second-order valence-corrected chi connectivity index (χ2v) is 11.9. The average molecular weight is 622 g/mol. The van der Waals surface area contributed by atoms with Gasteiger partial charge in [0.15, 0.2) is 0 Å². The third kappa shape index (κ3) is 9.36. The Morgan fingerprint density at radius 2 is 1.59 bits per heavy atom. The Morgan fingerprint density at radius 3 is 2.24 bits per heavy atom. The highest BCUT2D eigenvalue weighted by Crippen LogP contribution is 2.28. The van der Waals surface area contributed by atoms with Gasteiger partial charge >= 0.3 is 0 Å². The normalized spacial score (nSPS) is 11.8. The SMILES string of the molecule is CC(C)CNC(=O)[C@H](Cc1ccccc1)N(Cc1cccc(Br)c1)C(=O)CSCc1c(Cl)cccc1Cl. The zero-order valence-corrected chi connectivity index (χ0v) is 24.8. The molecule has 4 nitrogen and oxygen atoms in total. The van der Waals surface area contributed by atoms with Crippen LogP contribution in [0.15, 0.2) is 77.3 Å². The molecule has 1 atom stereocenters. The molecule has 0 saturated carbocycles. The molecule has 196 valence electrons. The topological polar surface area (TPSA) is 49.4 Å². The maximum absolute atomic E-state index is 13.7. The number of thioether (sulfide) groups is 1. The van der Waals surface area contributed by atoms with Crippen LogP contribution in [0, 0.1) is 5.92 Å². The molecule has 0 spiro atoms. The summed E-state index contributed by atoms with van der Waals surface area (Å²) in [6, 6.07) is 22.3. The lowest BCUT2D eigenvalue weighted by molar-refractivity contribution is -0.139. The molecule has 0 bridgehead atoms. The number of nitrogens with one attached hydrogen (secondary N) is 1. The van der Waals surface area contributed by atoms with E-state index >= 15 is 0 Å². The molecule has 2 amide bonds. The number of benzene rings is 3. The molecule has 0 heterocycles. The molecule has 3 aromatic rings. The van der Waals surface area contributed by atoms with Crippen LogP contribution in [0.1, 0.15) is 30.5 Å². The first-order valence-corrected chi connectivity index (χ1v) is 14.8. The Labute approximate surface area is 242 Å². The summed E-state index contributed by atoms with van der Waals surface area (Å²) in [5.74, 6) is 0.719. The van der Waals surface area contributed by atoms with Crippen molar-refractivity contribution in [1.29, 1.82) is 0 Å². The zero-order chi connectivity index (χ0) is 26.8. The molecule has 0 aromatic heterocycles. The monoisotopic (exact) mass is 620 g/mol. The van der Waals surface area contributed by atoms with Crippen LogP contribution < -0.4 is 5.32 Å². The van der Waals surface area contributed by atoms with Crippen molar-refractivity contribution in [3.05, 3.63) is 104 Å². The number of nitrogens with zero attached hydrogens (tertiary/aromatic N) is 1. The largest absolute Gasteiger partial charge is 0.354 e. The van der Waals surface area contributed by atoms with E-state index in [0.717, 1.165) is 21.2 Å². The smallest absolute Gasteiger partial charge is 0.243 e. The Morgan fingerprint density at radius 1 is 0.946 bits per heavy atom. The van der Waals surface area contributed by atoms with Gasteiger partial charge in [-0.3, -0.25) is 9.59 Å². The maximum atomic E-state index is 13.7. The van der Waals surface area contributed by atoms with Crippen molar-refractivity contribution in [2.45, 2.75) is 38.6 Å². The first-order chi connectivity index (χ1) is 17.7. The number of rotatable bonds is 12. The molecule has 0 radical (unpaired) electrons. The van der Waals surface area contributed by atoms with Gasteiger partial charge in [-0.25, -0.2) is 0 Å². The van der Waals surface area contributed by atoms with Gasteiger partial charge in [-0.15, -0.1) is 11.8 Å². The van der Waals surface area contributed by atoms with Crippen LogP contribution >= 0.6 is 50.9 Å². The van der Waals surface area contributed by atoms with E-state index in [4.69, 9.17) is 23.2 Å². The van der Waals surface area contributed by atoms with Crippen molar-refractivity contribution in [2.75, 3.05) is 12.3 Å². The fourth-order valence-electron chi connectivity index (χ4n) is 3.80. The number of halogens is 3. The molecule has 0 aliphatic carbocycles. The lowest BCUT2D eigenvalue weighted by atomic mass is 10.0. The summed E-state index contributed by atoms with van der Waals surface area (Å²) in [4.78, 5) is 28.9. The van der Waals surface area contributed by atoms with Crippen LogP contribution in [-0.2, 0) is 28.3 Å². The van der Waals surface area contributed by atoms with Crippen molar-refractivity contribution in [3.63, 3.8) is 0 Å². The van der Waals surface area contributed by atoms with E-state index in [9.17, 15) is 9.59 Å². The van der Waals surface area contributed by atoms with Crippen molar-refractivity contribution in [1.82, 2.24) is 10.2 Å². The molecule has 0 saturated heterocycles. The second-order valence-electron chi connectivity index (χ2n) is 9.19. The molecule has 0 unspecified atom stereocenters. The Hall–Kier alpha value is -1.99. The highest BCUT2D eigenvalue weighted by Gasteiger charge is 2.30. The van der Waals surface area contributed by atoms with Gasteiger partial charge in [0.2, 0.25) is 11.8 Å². The third-order valence-electron chi connectivity index (χ3n) is 5.73. The molecular weight excluding hydrogens is 591 g/mol. The van der Waals surface area contributed by atoms with Crippen LogP contribution in [0.4, 0.5) is 0 Å². The molecule has 37 heavy (non-hydrogen) atoms. The summed E-state index contributed by atoms with van der Waals surface area (Å²) in [5, 5.41) is 4.20. The van der Waals surface area contributed by atoms with E-state index in [-0.39, 0.29) is 17.6 Å². The first-order valence-electron chi connectivity index (χ1n) is 12.1. The maximum Gasteiger partial charge on any atom is 0.243 e. The van der Waals surface area contributed by atoms with Crippen molar-refractivity contribution in [3.8, 4) is 0 Å². The minimum Gasteiger partial charge on any atom is -0.354 e. The van der Waals surface area contributed by atoms with Crippen molar-refractivity contribution in [2.24, 2.45) is 5.92 Å². The van der Waals surface area contributed by atoms with E-state index in [1.807, 2.05) is 68.4 Å². The minimum absolute atomic E-state index is 0.117. The van der Waals surface area contributed by atoms with Crippen LogP contribution in [0.5, 0.6) is 0 Å². The summed E-state index contributed by atoms with van der Waals surface area (Å²) in [6.45, 7) is 4.96. The minimum atomic E-state index is -0.655. The fraction of sp³-hybridized carbons (Fsp3) is 0.310. The van der Waals surface area contributed by atoms with Gasteiger partial charge in [0.25, 0.3) is 0 Å². The Bertz CT molecular complexity index is 1170. The van der Waals surface area contributed by atoms with Gasteiger partial charge in [0, 0.05) is 39.8 Å². The highest BCUT2D eigenvalue weighted by molar-refractivity contribution is 9.10. The summed E-state index contributed by atoms with van der Waals surface area (Å²) in [5.41, 5.74) is 2.74. The Kier molecular flexibility index (Phi) is 11.8. The lowest BCUT2D eigenvalue weighted by Gasteiger charge is -2.32. The summed E-state index contributed by atoms with van der Waals surface area (Å²) >= 11 is 17.6. The molecule has 0 aliphatic rings. The number of hydrogen-bond donors (Lipinski definition) is 1. The highest BCUT2D eigenvalue weighted by atomic mass is 79.9. The number of carbonyl (C=O) groups excluding carboxylic acids is 2. The summed E-state index contributed by atoms with van der Waals surface area (Å²) in [7, 11) is 0. The quantitative estimate of drug-likeness (QED) is 0.229. The molecule has 0 fully saturated rings. The van der Waals surface area contributed by atoms with Gasteiger partial charge in [-0.1, -0.05) is 102 Å². The van der Waals surface area contributed by atoms with Gasteiger partial charge in [0.05, 0.1) is 5.75 Å². The van der Waals surface area contributed by atoms with E-state index in [0.29, 0.717) is 41.2 Å². The van der Waals surface area contributed by atoms with E-state index in [1.54, 1.807) is 23.1 Å². The summed E-state index contributed by atoms with van der Waals surface area (Å²) in [6.07, 6.45) is 0.422.